The largest absolute Gasteiger partial charge is 0.497 e. The zero-order chi connectivity index (χ0) is 37.0. The number of nitrogens with zero attached hydrogens (tertiary/aromatic N) is 4. The number of hydrogen-bond donors (Lipinski definition) is 1. The van der Waals surface area contributed by atoms with Crippen LogP contribution in [0.25, 0.3) is 0 Å². The van der Waals surface area contributed by atoms with E-state index >= 15 is 0 Å². The number of carbonyl (C=O) groups excluding carboxylic acids is 2. The molecule has 12 nitrogen and oxygen atoms in total. The fourth-order valence-electron chi connectivity index (χ4n) is 7.03. The predicted molar refractivity (Wildman–Crippen MR) is 204 cm³/mol. The lowest BCUT2D eigenvalue weighted by Crippen LogP contribution is -2.44. The number of urea groups is 1. The summed E-state index contributed by atoms with van der Waals surface area (Å²) in [4.78, 5) is 45.1. The van der Waals surface area contributed by atoms with Crippen molar-refractivity contribution in [3.63, 3.8) is 0 Å². The summed E-state index contributed by atoms with van der Waals surface area (Å²) in [5, 5.41) is 14.6. The van der Waals surface area contributed by atoms with Crippen LogP contribution in [0.5, 0.6) is 11.5 Å². The molecule has 0 radical (unpaired) electrons. The van der Waals surface area contributed by atoms with Gasteiger partial charge in [-0.05, 0) is 79.6 Å². The first kappa shape index (κ1) is 37.3. The van der Waals surface area contributed by atoms with Crippen molar-refractivity contribution in [2.45, 2.75) is 38.3 Å². The molecular weight excluding hydrogens is 674 g/mol. The van der Waals surface area contributed by atoms with Crippen LogP contribution in [0, 0.1) is 16.0 Å². The molecular formula is C41H47N5O7. The van der Waals surface area contributed by atoms with Crippen molar-refractivity contribution in [2.75, 3.05) is 63.3 Å². The van der Waals surface area contributed by atoms with Gasteiger partial charge in [0.15, 0.2) is 0 Å². The van der Waals surface area contributed by atoms with Gasteiger partial charge in [0.1, 0.15) is 18.1 Å². The Hall–Kier alpha value is -5.46. The van der Waals surface area contributed by atoms with E-state index in [0.717, 1.165) is 51.4 Å². The summed E-state index contributed by atoms with van der Waals surface area (Å²) < 4.78 is 17.0. The van der Waals surface area contributed by atoms with Gasteiger partial charge in [-0.15, -0.1) is 0 Å². The second-order valence-electron chi connectivity index (χ2n) is 13.5. The van der Waals surface area contributed by atoms with Crippen molar-refractivity contribution in [3.8, 4) is 11.5 Å². The maximum Gasteiger partial charge on any atom is 0.326 e. The van der Waals surface area contributed by atoms with Crippen LogP contribution < -0.4 is 19.7 Å². The number of amides is 3. The van der Waals surface area contributed by atoms with E-state index in [2.05, 4.69) is 10.2 Å². The molecule has 0 bridgehead atoms. The Morgan fingerprint density at radius 1 is 0.887 bits per heavy atom. The van der Waals surface area contributed by atoms with Crippen molar-refractivity contribution >= 4 is 29.0 Å². The summed E-state index contributed by atoms with van der Waals surface area (Å²) in [7, 11) is 1.56. The Balaban J connectivity index is 1.17. The monoisotopic (exact) mass is 721 g/mol. The molecule has 3 amide bonds. The molecule has 1 N–H and O–H groups in total. The number of benzene rings is 4. The fraction of sp³-hybridized carbons (Fsp3) is 0.366. The molecule has 1 aliphatic carbocycles. The topological polar surface area (TPSA) is 127 Å². The third-order valence-corrected chi connectivity index (χ3v) is 9.93. The number of ether oxygens (including phenoxy) is 3. The molecule has 0 spiro atoms. The maximum atomic E-state index is 14.1. The Bertz CT molecular complexity index is 1830. The highest BCUT2D eigenvalue weighted by Gasteiger charge is 2.32. The van der Waals surface area contributed by atoms with Gasteiger partial charge in [0, 0.05) is 73.9 Å². The number of nitro groups is 1. The SMILES string of the molecule is COc1cccc(C(=O)N(Cc2cccc([N+](=O)[O-])c2)C2CCC(CN(C(=O)Nc3ccccc3)c3cccc(OCCN4CCOCC4)c3)CC2)c1. The third-order valence-electron chi connectivity index (χ3n) is 9.93. The van der Waals surface area contributed by atoms with Gasteiger partial charge in [-0.2, -0.15) is 0 Å². The quantitative estimate of drug-likeness (QED) is 0.107. The third kappa shape index (κ3) is 10.3. The Labute approximate surface area is 310 Å². The van der Waals surface area contributed by atoms with Crippen LogP contribution in [-0.4, -0.2) is 85.8 Å². The first-order valence-electron chi connectivity index (χ1n) is 18.2. The van der Waals surface area contributed by atoms with E-state index in [0.29, 0.717) is 54.3 Å². The zero-order valence-electron chi connectivity index (χ0n) is 30.1. The molecule has 0 unspecified atom stereocenters. The summed E-state index contributed by atoms with van der Waals surface area (Å²) in [5.41, 5.74) is 2.61. The Kier molecular flexibility index (Phi) is 12.9. The van der Waals surface area contributed by atoms with E-state index in [1.54, 1.807) is 42.3 Å². The first-order valence-corrected chi connectivity index (χ1v) is 18.2. The van der Waals surface area contributed by atoms with Crippen LogP contribution in [0.2, 0.25) is 0 Å². The average Bonchev–Trinajstić information content (AvgIpc) is 3.20. The molecule has 4 aromatic carbocycles. The summed E-state index contributed by atoms with van der Waals surface area (Å²) in [6.45, 7) is 5.29. The molecule has 0 atom stereocenters. The number of carbonyl (C=O) groups is 2. The maximum absolute atomic E-state index is 14.1. The van der Waals surface area contributed by atoms with Gasteiger partial charge in [0.25, 0.3) is 11.6 Å². The first-order chi connectivity index (χ1) is 25.9. The number of nitrogens with one attached hydrogen (secondary N) is 1. The lowest BCUT2D eigenvalue weighted by molar-refractivity contribution is -0.384. The highest BCUT2D eigenvalue weighted by molar-refractivity contribution is 6.01. The standard InChI is InChI=1S/C41H47N5O7/c1-51-38-14-6-9-33(27-38)40(47)44(30-32-8-5-13-37(26-32)46(49)50)35-18-16-31(17-19-35)29-45(41(48)42-34-10-3-2-4-11-34)36-12-7-15-39(28-36)53-25-22-43-20-23-52-24-21-43/h2-15,26-28,31,35H,16-25,29-30H2,1H3,(H,42,48). The number of methoxy groups -OCH3 is 1. The van der Waals surface area contributed by atoms with Gasteiger partial charge >= 0.3 is 6.03 Å². The summed E-state index contributed by atoms with van der Waals surface area (Å²) in [6, 6.07) is 30.3. The van der Waals surface area contributed by atoms with Gasteiger partial charge in [0.2, 0.25) is 0 Å². The van der Waals surface area contributed by atoms with E-state index in [1.165, 1.54) is 12.1 Å². The number of anilines is 2. The van der Waals surface area contributed by atoms with Crippen LogP contribution in [0.15, 0.2) is 103 Å². The lowest BCUT2D eigenvalue weighted by atomic mass is 9.84. The molecule has 1 saturated heterocycles. The minimum absolute atomic E-state index is 0.0135. The summed E-state index contributed by atoms with van der Waals surface area (Å²) in [6.07, 6.45) is 3.00. The van der Waals surface area contributed by atoms with Crippen LogP contribution in [0.3, 0.4) is 0 Å². The van der Waals surface area contributed by atoms with E-state index in [1.807, 2.05) is 65.6 Å². The molecule has 12 heteroatoms. The highest BCUT2D eigenvalue weighted by atomic mass is 16.6. The van der Waals surface area contributed by atoms with Gasteiger partial charge in [-0.3, -0.25) is 24.7 Å². The highest BCUT2D eigenvalue weighted by Crippen LogP contribution is 2.33. The van der Waals surface area contributed by atoms with E-state index < -0.39 is 4.92 Å². The molecule has 4 aromatic rings. The second-order valence-corrected chi connectivity index (χ2v) is 13.5. The lowest BCUT2D eigenvalue weighted by Gasteiger charge is -2.38. The number of rotatable bonds is 14. The van der Waals surface area contributed by atoms with E-state index in [4.69, 9.17) is 14.2 Å². The fourth-order valence-corrected chi connectivity index (χ4v) is 7.03. The average molecular weight is 722 g/mol. The van der Waals surface area contributed by atoms with Crippen molar-refractivity contribution in [3.05, 3.63) is 124 Å². The minimum atomic E-state index is -0.421. The van der Waals surface area contributed by atoms with Crippen molar-refractivity contribution < 1.29 is 28.7 Å². The number of hydrogen-bond acceptors (Lipinski definition) is 8. The molecule has 53 heavy (non-hydrogen) atoms. The van der Waals surface area contributed by atoms with Gasteiger partial charge in [-0.1, -0.05) is 42.5 Å². The molecule has 1 aliphatic heterocycles. The summed E-state index contributed by atoms with van der Waals surface area (Å²) in [5.74, 6) is 1.29. The van der Waals surface area contributed by atoms with Crippen molar-refractivity contribution in [2.24, 2.45) is 5.92 Å². The predicted octanol–water partition coefficient (Wildman–Crippen LogP) is 7.25. The normalized spacial score (nSPS) is 17.4. The second kappa shape index (κ2) is 18.3. The number of para-hydroxylation sites is 1. The molecule has 278 valence electrons. The minimum Gasteiger partial charge on any atom is -0.497 e. The molecule has 2 aliphatic rings. The van der Waals surface area contributed by atoms with Crippen molar-refractivity contribution in [1.82, 2.24) is 9.80 Å². The zero-order valence-corrected chi connectivity index (χ0v) is 30.1. The molecule has 0 aromatic heterocycles. The smallest absolute Gasteiger partial charge is 0.326 e. The molecule has 1 heterocycles. The van der Waals surface area contributed by atoms with Gasteiger partial charge in [-0.25, -0.2) is 4.79 Å². The van der Waals surface area contributed by atoms with Crippen LogP contribution >= 0.6 is 0 Å². The van der Waals surface area contributed by atoms with Crippen LogP contribution in [0.4, 0.5) is 21.9 Å². The number of non-ortho nitro benzene ring substituents is 1. The van der Waals surface area contributed by atoms with Gasteiger partial charge < -0.3 is 24.4 Å². The Morgan fingerprint density at radius 2 is 1.62 bits per heavy atom. The van der Waals surface area contributed by atoms with Crippen LogP contribution in [-0.2, 0) is 11.3 Å². The molecule has 6 rings (SSSR count). The Morgan fingerprint density at radius 3 is 2.38 bits per heavy atom. The van der Waals surface area contributed by atoms with Crippen molar-refractivity contribution in [1.29, 1.82) is 0 Å². The van der Waals surface area contributed by atoms with E-state index in [9.17, 15) is 19.7 Å². The molecule has 1 saturated carbocycles. The summed E-state index contributed by atoms with van der Waals surface area (Å²) >= 11 is 0. The van der Waals surface area contributed by atoms with Gasteiger partial charge in [0.05, 0.1) is 25.2 Å². The molecule has 2 fully saturated rings. The number of morpholine rings is 1. The van der Waals surface area contributed by atoms with Crippen LogP contribution in [0.1, 0.15) is 41.6 Å². The number of nitro benzene ring substituents is 1. The van der Waals surface area contributed by atoms with E-state index in [-0.39, 0.29) is 36.1 Å².